The monoisotopic (exact) mass is 262 g/mol. The van der Waals surface area contributed by atoms with Crippen molar-refractivity contribution < 1.29 is 14.7 Å². The molecule has 7 heteroatoms. The molecular weight excluding hydrogens is 248 g/mol. The molecule has 0 fully saturated rings. The average Bonchev–Trinajstić information content (AvgIpc) is 2.36. The highest BCUT2D eigenvalue weighted by Crippen LogP contribution is 2.40. The molecule has 0 aromatic heterocycles. The summed E-state index contributed by atoms with van der Waals surface area (Å²) in [5.74, 6) is -2.50. The van der Waals surface area contributed by atoms with Gasteiger partial charge in [-0.05, 0) is 12.8 Å². The predicted molar refractivity (Wildman–Crippen MR) is 62.9 cm³/mol. The van der Waals surface area contributed by atoms with Crippen LogP contribution in [0.2, 0.25) is 0 Å². The molecule has 0 saturated carbocycles. The van der Waals surface area contributed by atoms with E-state index in [2.05, 4.69) is 10.2 Å². The van der Waals surface area contributed by atoms with Crippen molar-refractivity contribution in [3.63, 3.8) is 0 Å². The van der Waals surface area contributed by atoms with Crippen LogP contribution in [-0.2, 0) is 9.59 Å². The van der Waals surface area contributed by atoms with Gasteiger partial charge in [-0.2, -0.15) is 20.8 Å². The first-order valence-electron chi connectivity index (χ1n) is 5.98. The summed E-state index contributed by atoms with van der Waals surface area (Å²) in [6.45, 7) is 3.39. The molecule has 0 aromatic carbocycles. The third kappa shape index (κ3) is 1.88. The van der Waals surface area contributed by atoms with E-state index in [0.29, 0.717) is 12.8 Å². The highest BCUT2D eigenvalue weighted by atomic mass is 16.4. The molecule has 3 unspecified atom stereocenters. The van der Waals surface area contributed by atoms with Crippen molar-refractivity contribution in [2.75, 3.05) is 0 Å². The summed E-state index contributed by atoms with van der Waals surface area (Å²) in [6, 6.07) is 2.64. The number of hydrogen-bond donors (Lipinski definition) is 1. The second-order valence-electron chi connectivity index (χ2n) is 4.42. The molecule has 0 saturated heterocycles. The lowest BCUT2D eigenvalue weighted by Gasteiger charge is -2.36. The second-order valence-corrected chi connectivity index (χ2v) is 4.42. The summed E-state index contributed by atoms with van der Waals surface area (Å²) in [5, 5.41) is 34.8. The molecular formula is C12H14N4O3. The van der Waals surface area contributed by atoms with Crippen LogP contribution in [0.1, 0.15) is 33.1 Å². The normalized spacial score (nSPS) is 27.5. The summed E-state index contributed by atoms with van der Waals surface area (Å²) in [7, 11) is 0. The Morgan fingerprint density at radius 1 is 1.42 bits per heavy atom. The Hall–Kier alpha value is -2.28. The lowest BCUT2D eigenvalue weighted by molar-refractivity contribution is -0.153. The number of carboxylic acids is 1. The molecule has 1 N–H and O–H groups in total. The van der Waals surface area contributed by atoms with Crippen molar-refractivity contribution in [3.8, 4) is 12.1 Å². The minimum Gasteiger partial charge on any atom is -0.480 e. The van der Waals surface area contributed by atoms with Gasteiger partial charge < -0.3 is 5.11 Å². The van der Waals surface area contributed by atoms with E-state index in [9.17, 15) is 20.0 Å². The van der Waals surface area contributed by atoms with Gasteiger partial charge in [0, 0.05) is 0 Å². The number of azo groups is 1. The Bertz CT molecular complexity index is 516. The maximum absolute atomic E-state index is 12.5. The zero-order valence-corrected chi connectivity index (χ0v) is 10.8. The van der Waals surface area contributed by atoms with E-state index in [1.165, 1.54) is 0 Å². The van der Waals surface area contributed by atoms with E-state index in [1.807, 2.05) is 0 Å². The molecule has 1 heterocycles. The number of carbonyl (C=O) groups is 2. The van der Waals surface area contributed by atoms with Gasteiger partial charge in [-0.3, -0.25) is 9.59 Å². The highest BCUT2D eigenvalue weighted by Gasteiger charge is 2.62. The summed E-state index contributed by atoms with van der Waals surface area (Å²) in [4.78, 5) is 23.8. The van der Waals surface area contributed by atoms with Crippen LogP contribution in [0.3, 0.4) is 0 Å². The number of Topliss-reactive ketones (excluding diaryl/α,β-unsaturated/α-hetero) is 1. The molecule has 100 valence electrons. The molecule has 7 nitrogen and oxygen atoms in total. The van der Waals surface area contributed by atoms with Crippen LogP contribution in [0.5, 0.6) is 0 Å². The summed E-state index contributed by atoms with van der Waals surface area (Å²) in [5.41, 5.74) is -4.05. The van der Waals surface area contributed by atoms with Gasteiger partial charge in [0.05, 0.1) is 6.07 Å². The van der Waals surface area contributed by atoms with Crippen LogP contribution >= 0.6 is 0 Å². The minimum absolute atomic E-state index is 0.146. The zero-order valence-electron chi connectivity index (χ0n) is 10.8. The first-order valence-corrected chi connectivity index (χ1v) is 5.98. The molecule has 0 bridgehead atoms. The minimum atomic E-state index is -2.22. The maximum atomic E-state index is 12.5. The fraction of sp³-hybridized carbons (Fsp3) is 0.667. The lowest BCUT2D eigenvalue weighted by Crippen LogP contribution is -2.58. The molecule has 19 heavy (non-hydrogen) atoms. The van der Waals surface area contributed by atoms with Crippen molar-refractivity contribution in [3.05, 3.63) is 0 Å². The molecule has 0 aliphatic carbocycles. The molecule has 0 amide bonds. The van der Waals surface area contributed by atoms with Crippen molar-refractivity contribution in [2.24, 2.45) is 15.6 Å². The Morgan fingerprint density at radius 2 is 2.05 bits per heavy atom. The molecule has 0 spiro atoms. The van der Waals surface area contributed by atoms with Crippen LogP contribution in [0.25, 0.3) is 0 Å². The lowest BCUT2D eigenvalue weighted by atomic mass is 9.69. The number of ketones is 1. The van der Waals surface area contributed by atoms with E-state index in [-0.39, 0.29) is 6.42 Å². The second kappa shape index (κ2) is 5.15. The Kier molecular flexibility index (Phi) is 4.01. The number of aliphatic carboxylic acids is 1. The van der Waals surface area contributed by atoms with Crippen LogP contribution < -0.4 is 0 Å². The highest BCUT2D eigenvalue weighted by molar-refractivity contribution is 6.12. The van der Waals surface area contributed by atoms with Crippen LogP contribution in [0.15, 0.2) is 10.2 Å². The first-order chi connectivity index (χ1) is 8.95. The molecule has 1 aliphatic heterocycles. The zero-order chi connectivity index (χ0) is 14.7. The summed E-state index contributed by atoms with van der Waals surface area (Å²) < 4.78 is 0. The van der Waals surface area contributed by atoms with Gasteiger partial charge in [0.15, 0.2) is 0 Å². The largest absolute Gasteiger partial charge is 0.480 e. The van der Waals surface area contributed by atoms with Crippen LogP contribution in [0, 0.1) is 28.1 Å². The summed E-state index contributed by atoms with van der Waals surface area (Å²) >= 11 is 0. The standard InChI is InChI=1S/C12H14N4O3/c1-3-5-11(6-13,10(18)19)9(17)12(7-14)8(4-2)15-16-12/h8H,3-5H2,1-2H3,(H,18,19). The van der Waals surface area contributed by atoms with Crippen molar-refractivity contribution in [2.45, 2.75) is 44.7 Å². The number of carboxylic acid groups (broad SMARTS) is 1. The van der Waals surface area contributed by atoms with Gasteiger partial charge in [0.2, 0.25) is 11.2 Å². The summed E-state index contributed by atoms with van der Waals surface area (Å²) in [6.07, 6.45) is 0.574. The smallest absolute Gasteiger partial charge is 0.331 e. The van der Waals surface area contributed by atoms with Gasteiger partial charge >= 0.3 is 5.97 Å². The van der Waals surface area contributed by atoms with Gasteiger partial charge in [-0.1, -0.05) is 20.3 Å². The molecule has 1 rings (SSSR count). The van der Waals surface area contributed by atoms with Crippen LogP contribution in [0.4, 0.5) is 0 Å². The topological polar surface area (TPSA) is 127 Å². The number of nitrogens with zero attached hydrogens (tertiary/aromatic N) is 4. The Balaban J connectivity index is 3.30. The van der Waals surface area contributed by atoms with E-state index in [4.69, 9.17) is 5.26 Å². The maximum Gasteiger partial charge on any atom is 0.331 e. The van der Waals surface area contributed by atoms with E-state index >= 15 is 0 Å². The van der Waals surface area contributed by atoms with Crippen LogP contribution in [-0.4, -0.2) is 28.4 Å². The molecule has 0 radical (unpaired) electrons. The van der Waals surface area contributed by atoms with Crippen molar-refractivity contribution in [1.82, 2.24) is 0 Å². The third-order valence-corrected chi connectivity index (χ3v) is 3.31. The Morgan fingerprint density at radius 3 is 2.32 bits per heavy atom. The first kappa shape index (κ1) is 14.8. The molecule has 0 aromatic rings. The van der Waals surface area contributed by atoms with E-state index < -0.39 is 28.7 Å². The van der Waals surface area contributed by atoms with Gasteiger partial charge in [-0.15, -0.1) is 0 Å². The van der Waals surface area contributed by atoms with Crippen molar-refractivity contribution in [1.29, 1.82) is 10.5 Å². The molecule has 1 aliphatic rings. The Labute approximate surface area is 110 Å². The molecule has 3 atom stereocenters. The van der Waals surface area contributed by atoms with E-state index in [0.717, 1.165) is 0 Å². The fourth-order valence-corrected chi connectivity index (χ4v) is 2.15. The number of nitriles is 2. The average molecular weight is 262 g/mol. The number of hydrogen-bond acceptors (Lipinski definition) is 6. The number of carbonyl (C=O) groups excluding carboxylic acids is 1. The van der Waals surface area contributed by atoms with Crippen molar-refractivity contribution >= 4 is 11.8 Å². The van der Waals surface area contributed by atoms with Gasteiger partial charge in [-0.25, -0.2) is 0 Å². The quantitative estimate of drug-likeness (QED) is 0.725. The SMILES string of the molecule is CCCC(C#N)(C(=O)O)C(=O)C1(C#N)N=NC1CC. The van der Waals surface area contributed by atoms with E-state index in [1.54, 1.807) is 26.0 Å². The number of rotatable bonds is 6. The predicted octanol–water partition coefficient (Wildman–Crippen LogP) is 1.46. The third-order valence-electron chi connectivity index (χ3n) is 3.31. The fourth-order valence-electron chi connectivity index (χ4n) is 2.15. The van der Waals surface area contributed by atoms with Gasteiger partial charge in [0.25, 0.3) is 5.54 Å². The van der Waals surface area contributed by atoms with Gasteiger partial charge in [0.1, 0.15) is 12.1 Å².